The summed E-state index contributed by atoms with van der Waals surface area (Å²) in [5, 5.41) is 0. The van der Waals surface area contributed by atoms with Crippen LogP contribution in [0, 0.1) is 6.92 Å². The Morgan fingerprint density at radius 2 is 1.87 bits per heavy atom. The third kappa shape index (κ3) is 2.50. The van der Waals surface area contributed by atoms with E-state index in [0.717, 1.165) is 16.9 Å². The van der Waals surface area contributed by atoms with Crippen molar-refractivity contribution >= 4 is 12.0 Å². The van der Waals surface area contributed by atoms with Crippen LogP contribution in [0.4, 0.5) is 5.82 Å². The van der Waals surface area contributed by atoms with Crippen molar-refractivity contribution in [3.05, 3.63) is 59.8 Å². The van der Waals surface area contributed by atoms with E-state index in [1.54, 1.807) is 6.20 Å². The quantitative estimate of drug-likeness (QED) is 0.677. The van der Waals surface area contributed by atoms with Crippen LogP contribution < -0.4 is 0 Å². The SMILES string of the molecule is Cc1cccnc1/N=C/c1ccccc1. The zero-order valence-electron chi connectivity index (χ0n) is 8.59. The number of nitrogens with zero attached hydrogens (tertiary/aromatic N) is 2. The van der Waals surface area contributed by atoms with Crippen molar-refractivity contribution < 1.29 is 0 Å². The number of benzene rings is 1. The molecule has 1 aromatic carbocycles. The Hall–Kier alpha value is -1.96. The lowest BCUT2D eigenvalue weighted by atomic mass is 10.2. The largest absolute Gasteiger partial charge is 0.237 e. The second kappa shape index (κ2) is 4.51. The predicted molar refractivity (Wildman–Crippen MR) is 62.7 cm³/mol. The minimum Gasteiger partial charge on any atom is -0.237 e. The van der Waals surface area contributed by atoms with Gasteiger partial charge in [0, 0.05) is 12.4 Å². The summed E-state index contributed by atoms with van der Waals surface area (Å²) < 4.78 is 0. The van der Waals surface area contributed by atoms with Gasteiger partial charge < -0.3 is 0 Å². The molecule has 0 radical (unpaired) electrons. The van der Waals surface area contributed by atoms with E-state index >= 15 is 0 Å². The van der Waals surface area contributed by atoms with Crippen LogP contribution >= 0.6 is 0 Å². The molecule has 0 bridgehead atoms. The van der Waals surface area contributed by atoms with Crippen molar-refractivity contribution in [3.63, 3.8) is 0 Å². The summed E-state index contributed by atoms with van der Waals surface area (Å²) in [6.45, 7) is 2.00. The summed E-state index contributed by atoms with van der Waals surface area (Å²) >= 11 is 0. The molecule has 2 rings (SSSR count). The number of aromatic nitrogens is 1. The molecule has 0 aliphatic heterocycles. The first-order valence-corrected chi connectivity index (χ1v) is 4.87. The Morgan fingerprint density at radius 1 is 1.07 bits per heavy atom. The van der Waals surface area contributed by atoms with Crippen molar-refractivity contribution in [1.29, 1.82) is 0 Å². The van der Waals surface area contributed by atoms with Gasteiger partial charge in [0.25, 0.3) is 0 Å². The predicted octanol–water partition coefficient (Wildman–Crippen LogP) is 3.14. The van der Waals surface area contributed by atoms with Crippen LogP contribution in [0.1, 0.15) is 11.1 Å². The average Bonchev–Trinajstić information content (AvgIpc) is 2.29. The highest BCUT2D eigenvalue weighted by atomic mass is 14.9. The fraction of sp³-hybridized carbons (Fsp3) is 0.0769. The maximum atomic E-state index is 4.34. The monoisotopic (exact) mass is 196 g/mol. The maximum Gasteiger partial charge on any atom is 0.154 e. The lowest BCUT2D eigenvalue weighted by Gasteiger charge is -1.96. The topological polar surface area (TPSA) is 25.2 Å². The Bertz CT molecular complexity index is 461. The van der Waals surface area contributed by atoms with Gasteiger partial charge in [-0.15, -0.1) is 0 Å². The number of hydrogen-bond donors (Lipinski definition) is 0. The molecule has 0 amide bonds. The molecule has 0 saturated carbocycles. The Kier molecular flexibility index (Phi) is 2.88. The van der Waals surface area contributed by atoms with E-state index in [4.69, 9.17) is 0 Å². The Labute approximate surface area is 89.3 Å². The molecule has 0 aliphatic rings. The average molecular weight is 196 g/mol. The number of rotatable bonds is 2. The first-order chi connectivity index (χ1) is 7.36. The van der Waals surface area contributed by atoms with Crippen LogP contribution in [0.25, 0.3) is 0 Å². The minimum absolute atomic E-state index is 0.779. The van der Waals surface area contributed by atoms with Gasteiger partial charge in [-0.2, -0.15) is 0 Å². The Morgan fingerprint density at radius 3 is 2.60 bits per heavy atom. The van der Waals surface area contributed by atoms with Gasteiger partial charge >= 0.3 is 0 Å². The molecule has 0 N–H and O–H groups in total. The van der Waals surface area contributed by atoms with Crippen molar-refractivity contribution in [3.8, 4) is 0 Å². The Balaban J connectivity index is 2.23. The number of aryl methyl sites for hydroxylation is 1. The van der Waals surface area contributed by atoms with Crippen LogP contribution in [0.5, 0.6) is 0 Å². The molecule has 74 valence electrons. The van der Waals surface area contributed by atoms with Gasteiger partial charge in [-0.1, -0.05) is 36.4 Å². The van der Waals surface area contributed by atoms with Crippen molar-refractivity contribution in [2.24, 2.45) is 4.99 Å². The molecule has 0 unspecified atom stereocenters. The van der Waals surface area contributed by atoms with Crippen molar-refractivity contribution in [1.82, 2.24) is 4.98 Å². The molecule has 0 saturated heterocycles. The van der Waals surface area contributed by atoms with Gasteiger partial charge in [0.1, 0.15) is 0 Å². The highest BCUT2D eigenvalue weighted by Crippen LogP contribution is 2.12. The summed E-state index contributed by atoms with van der Waals surface area (Å²) in [6.07, 6.45) is 3.58. The van der Waals surface area contributed by atoms with E-state index in [9.17, 15) is 0 Å². The molecular weight excluding hydrogens is 184 g/mol. The molecular formula is C13H12N2. The molecule has 2 aromatic rings. The normalized spacial score (nSPS) is 10.7. The summed E-state index contributed by atoms with van der Waals surface area (Å²) in [5.74, 6) is 0.779. The minimum atomic E-state index is 0.779. The fourth-order valence-corrected chi connectivity index (χ4v) is 1.29. The zero-order chi connectivity index (χ0) is 10.5. The summed E-state index contributed by atoms with van der Waals surface area (Å²) in [7, 11) is 0. The second-order valence-corrected chi connectivity index (χ2v) is 3.31. The standard InChI is InChI=1S/C13H12N2/c1-11-6-5-9-14-13(11)15-10-12-7-3-2-4-8-12/h2-10H,1H3/b15-10+. The summed E-state index contributed by atoms with van der Waals surface area (Å²) in [5.41, 5.74) is 2.17. The van der Waals surface area contributed by atoms with Gasteiger partial charge in [-0.05, 0) is 24.1 Å². The van der Waals surface area contributed by atoms with Gasteiger partial charge in [0.2, 0.25) is 0 Å². The summed E-state index contributed by atoms with van der Waals surface area (Å²) in [4.78, 5) is 8.54. The fourth-order valence-electron chi connectivity index (χ4n) is 1.29. The molecule has 0 fully saturated rings. The summed E-state index contributed by atoms with van der Waals surface area (Å²) in [6, 6.07) is 13.9. The van der Waals surface area contributed by atoms with Crippen LogP contribution in [0.3, 0.4) is 0 Å². The first-order valence-electron chi connectivity index (χ1n) is 4.87. The van der Waals surface area contributed by atoms with Crippen LogP contribution in [-0.2, 0) is 0 Å². The van der Waals surface area contributed by atoms with Crippen molar-refractivity contribution in [2.45, 2.75) is 6.92 Å². The van der Waals surface area contributed by atoms with E-state index in [1.165, 1.54) is 0 Å². The molecule has 0 spiro atoms. The second-order valence-electron chi connectivity index (χ2n) is 3.31. The van der Waals surface area contributed by atoms with Crippen LogP contribution in [0.2, 0.25) is 0 Å². The molecule has 2 heteroatoms. The van der Waals surface area contributed by atoms with E-state index in [-0.39, 0.29) is 0 Å². The molecule has 2 nitrogen and oxygen atoms in total. The lowest BCUT2D eigenvalue weighted by Crippen LogP contribution is -1.82. The van der Waals surface area contributed by atoms with Crippen LogP contribution in [0.15, 0.2) is 53.7 Å². The van der Waals surface area contributed by atoms with E-state index in [2.05, 4.69) is 9.98 Å². The van der Waals surface area contributed by atoms with Crippen LogP contribution in [-0.4, -0.2) is 11.2 Å². The number of aliphatic imine (C=N–C) groups is 1. The highest BCUT2D eigenvalue weighted by molar-refractivity contribution is 5.81. The number of hydrogen-bond acceptors (Lipinski definition) is 2. The third-order valence-corrected chi connectivity index (χ3v) is 2.12. The molecule has 1 heterocycles. The van der Waals surface area contributed by atoms with Gasteiger partial charge in [-0.3, -0.25) is 0 Å². The first kappa shape index (κ1) is 9.59. The molecule has 0 atom stereocenters. The van der Waals surface area contributed by atoms with Gasteiger partial charge in [-0.25, -0.2) is 9.98 Å². The van der Waals surface area contributed by atoms with Gasteiger partial charge in [0.05, 0.1) is 0 Å². The van der Waals surface area contributed by atoms with Crippen molar-refractivity contribution in [2.75, 3.05) is 0 Å². The zero-order valence-corrected chi connectivity index (χ0v) is 8.59. The van der Waals surface area contributed by atoms with E-state index in [1.807, 2.05) is 55.6 Å². The van der Waals surface area contributed by atoms with E-state index < -0.39 is 0 Å². The number of pyridine rings is 1. The third-order valence-electron chi connectivity index (χ3n) is 2.12. The molecule has 1 aromatic heterocycles. The lowest BCUT2D eigenvalue weighted by molar-refractivity contribution is 1.23. The van der Waals surface area contributed by atoms with Gasteiger partial charge in [0.15, 0.2) is 5.82 Å². The van der Waals surface area contributed by atoms with E-state index in [0.29, 0.717) is 0 Å². The smallest absolute Gasteiger partial charge is 0.154 e. The maximum absolute atomic E-state index is 4.34. The molecule has 0 aliphatic carbocycles. The molecule has 15 heavy (non-hydrogen) atoms. The highest BCUT2D eigenvalue weighted by Gasteiger charge is 1.93.